The number of rotatable bonds is 7. The minimum atomic E-state index is -0.338. The van der Waals surface area contributed by atoms with Crippen LogP contribution in [0.4, 0.5) is 11.5 Å². The summed E-state index contributed by atoms with van der Waals surface area (Å²) < 4.78 is 1.59. The number of nitrogens with zero attached hydrogens (tertiary/aromatic N) is 4. The van der Waals surface area contributed by atoms with E-state index in [0.717, 1.165) is 19.5 Å². The first kappa shape index (κ1) is 14.4. The number of aromatic nitrogens is 2. The Morgan fingerprint density at radius 1 is 1.56 bits per heavy atom. The van der Waals surface area contributed by atoms with Gasteiger partial charge in [-0.05, 0) is 26.4 Å². The van der Waals surface area contributed by atoms with Gasteiger partial charge in [0.25, 0.3) is 0 Å². The molecular weight excluding hydrogens is 234 g/mol. The molecule has 7 nitrogen and oxygen atoms in total. The number of nitro groups is 1. The van der Waals surface area contributed by atoms with Crippen LogP contribution < -0.4 is 10.2 Å². The number of nitrogens with one attached hydrogen (secondary N) is 1. The molecule has 1 heterocycles. The van der Waals surface area contributed by atoms with Crippen molar-refractivity contribution in [3.63, 3.8) is 0 Å². The van der Waals surface area contributed by atoms with E-state index >= 15 is 0 Å². The van der Waals surface area contributed by atoms with Gasteiger partial charge in [-0.15, -0.1) is 0 Å². The van der Waals surface area contributed by atoms with E-state index < -0.39 is 0 Å². The lowest BCUT2D eigenvalue weighted by Gasteiger charge is -2.18. The summed E-state index contributed by atoms with van der Waals surface area (Å²) in [6, 6.07) is 0. The molecule has 0 atom stereocenters. The molecule has 1 aromatic rings. The highest BCUT2D eigenvalue weighted by Crippen LogP contribution is 2.30. The minimum absolute atomic E-state index is 0.131. The van der Waals surface area contributed by atoms with Crippen LogP contribution in [0.3, 0.4) is 0 Å². The largest absolute Gasteiger partial charge is 0.354 e. The zero-order chi connectivity index (χ0) is 13.7. The third kappa shape index (κ3) is 2.98. The molecule has 0 saturated carbocycles. The van der Waals surface area contributed by atoms with Gasteiger partial charge in [0.2, 0.25) is 5.82 Å². The summed E-state index contributed by atoms with van der Waals surface area (Å²) in [5.74, 6) is 0.577. The maximum absolute atomic E-state index is 11.2. The second-order valence-electron chi connectivity index (χ2n) is 4.23. The van der Waals surface area contributed by atoms with E-state index in [2.05, 4.69) is 10.4 Å². The van der Waals surface area contributed by atoms with Gasteiger partial charge in [-0.25, -0.2) is 4.68 Å². The van der Waals surface area contributed by atoms with E-state index in [1.807, 2.05) is 25.9 Å². The lowest BCUT2D eigenvalue weighted by molar-refractivity contribution is -0.384. The number of anilines is 1. The van der Waals surface area contributed by atoms with Crippen LogP contribution in [-0.4, -0.2) is 41.9 Å². The van der Waals surface area contributed by atoms with Gasteiger partial charge in [-0.1, -0.05) is 6.92 Å². The second-order valence-corrected chi connectivity index (χ2v) is 4.23. The van der Waals surface area contributed by atoms with Crippen LogP contribution in [0.1, 0.15) is 19.0 Å². The molecular formula is C11H21N5O2. The van der Waals surface area contributed by atoms with Crippen molar-refractivity contribution in [3.8, 4) is 0 Å². The lowest BCUT2D eigenvalue weighted by Crippen LogP contribution is -2.24. The van der Waals surface area contributed by atoms with Crippen LogP contribution >= 0.6 is 0 Å². The smallest absolute Gasteiger partial charge is 0.334 e. The van der Waals surface area contributed by atoms with Gasteiger partial charge in [0, 0.05) is 20.6 Å². The summed E-state index contributed by atoms with van der Waals surface area (Å²) in [6.07, 6.45) is 1.49. The van der Waals surface area contributed by atoms with Gasteiger partial charge in [-0.3, -0.25) is 10.1 Å². The Balaban J connectivity index is 2.99. The van der Waals surface area contributed by atoms with Gasteiger partial charge in [0.05, 0.1) is 4.92 Å². The van der Waals surface area contributed by atoms with E-state index in [1.165, 1.54) is 0 Å². The zero-order valence-corrected chi connectivity index (χ0v) is 11.4. The molecule has 0 amide bonds. The van der Waals surface area contributed by atoms with E-state index in [9.17, 15) is 10.1 Å². The number of hydrogen-bond acceptors (Lipinski definition) is 5. The van der Waals surface area contributed by atoms with Crippen LogP contribution in [0.25, 0.3) is 0 Å². The maximum atomic E-state index is 11.2. The summed E-state index contributed by atoms with van der Waals surface area (Å²) in [5, 5.41) is 18.4. The molecule has 0 aromatic carbocycles. The predicted molar refractivity (Wildman–Crippen MR) is 71.1 cm³/mol. The van der Waals surface area contributed by atoms with Crippen molar-refractivity contribution in [1.29, 1.82) is 0 Å². The molecule has 0 aliphatic heterocycles. The van der Waals surface area contributed by atoms with E-state index in [-0.39, 0.29) is 10.6 Å². The summed E-state index contributed by atoms with van der Waals surface area (Å²) in [5.41, 5.74) is 0.671. The fourth-order valence-electron chi connectivity index (χ4n) is 2.01. The topological polar surface area (TPSA) is 76.2 Å². The van der Waals surface area contributed by atoms with Crippen LogP contribution in [0.15, 0.2) is 0 Å². The van der Waals surface area contributed by atoms with Gasteiger partial charge in [0.15, 0.2) is 0 Å². The Morgan fingerprint density at radius 3 is 2.72 bits per heavy atom. The SMILES string of the molecule is CCc1nn(C)c(N(C)CCCNC)c1[N+](=O)[O-]. The molecule has 0 unspecified atom stereocenters. The molecule has 0 aliphatic rings. The zero-order valence-electron chi connectivity index (χ0n) is 11.4. The van der Waals surface area contributed by atoms with Crippen LogP contribution in [0.2, 0.25) is 0 Å². The Kier molecular flexibility index (Phi) is 5.08. The van der Waals surface area contributed by atoms with E-state index in [4.69, 9.17) is 0 Å². The van der Waals surface area contributed by atoms with Crippen molar-refractivity contribution in [1.82, 2.24) is 15.1 Å². The first-order valence-electron chi connectivity index (χ1n) is 6.08. The maximum Gasteiger partial charge on any atom is 0.334 e. The quantitative estimate of drug-likeness (QED) is 0.446. The molecule has 0 radical (unpaired) electrons. The highest BCUT2D eigenvalue weighted by atomic mass is 16.6. The molecule has 0 spiro atoms. The van der Waals surface area contributed by atoms with Crippen molar-refractivity contribution >= 4 is 11.5 Å². The van der Waals surface area contributed by atoms with Crippen LogP contribution in [0.5, 0.6) is 0 Å². The molecule has 0 bridgehead atoms. The summed E-state index contributed by atoms with van der Waals surface area (Å²) in [4.78, 5) is 12.7. The molecule has 1 rings (SSSR count). The van der Waals surface area contributed by atoms with E-state index in [0.29, 0.717) is 17.9 Å². The summed E-state index contributed by atoms with van der Waals surface area (Å²) >= 11 is 0. The molecule has 0 aliphatic carbocycles. The normalized spacial score (nSPS) is 10.7. The molecule has 102 valence electrons. The van der Waals surface area contributed by atoms with Crippen LogP contribution in [-0.2, 0) is 13.5 Å². The minimum Gasteiger partial charge on any atom is -0.354 e. The predicted octanol–water partition coefficient (Wildman–Crippen LogP) is 0.936. The third-order valence-corrected chi connectivity index (χ3v) is 2.86. The van der Waals surface area contributed by atoms with Gasteiger partial charge < -0.3 is 10.2 Å². The molecule has 7 heteroatoms. The highest BCUT2D eigenvalue weighted by Gasteiger charge is 2.27. The Morgan fingerprint density at radius 2 is 2.22 bits per heavy atom. The first-order chi connectivity index (χ1) is 8.52. The van der Waals surface area contributed by atoms with Gasteiger partial charge >= 0.3 is 5.69 Å². The average molecular weight is 255 g/mol. The first-order valence-corrected chi connectivity index (χ1v) is 6.08. The van der Waals surface area contributed by atoms with Crippen molar-refractivity contribution in [2.45, 2.75) is 19.8 Å². The Labute approximate surface area is 107 Å². The average Bonchev–Trinajstić information content (AvgIpc) is 2.66. The molecule has 1 aromatic heterocycles. The standard InChI is InChI=1S/C11H21N5O2/c1-5-9-10(16(17)18)11(15(4)13-9)14(3)8-6-7-12-2/h12H,5-8H2,1-4H3. The van der Waals surface area contributed by atoms with Crippen molar-refractivity contribution in [2.24, 2.45) is 7.05 Å². The number of hydrogen-bond donors (Lipinski definition) is 1. The number of aryl methyl sites for hydroxylation is 2. The van der Waals surface area contributed by atoms with E-state index in [1.54, 1.807) is 11.7 Å². The highest BCUT2D eigenvalue weighted by molar-refractivity contribution is 5.61. The van der Waals surface area contributed by atoms with Crippen molar-refractivity contribution in [2.75, 3.05) is 32.1 Å². The van der Waals surface area contributed by atoms with Crippen molar-refractivity contribution in [3.05, 3.63) is 15.8 Å². The Bertz CT molecular complexity index is 416. The van der Waals surface area contributed by atoms with Gasteiger partial charge in [-0.2, -0.15) is 5.10 Å². The summed E-state index contributed by atoms with van der Waals surface area (Å²) in [6.45, 7) is 3.51. The summed E-state index contributed by atoms with van der Waals surface area (Å²) in [7, 11) is 5.50. The van der Waals surface area contributed by atoms with Gasteiger partial charge in [0.1, 0.15) is 5.69 Å². The Hall–Kier alpha value is -1.63. The van der Waals surface area contributed by atoms with Crippen LogP contribution in [0, 0.1) is 10.1 Å². The fraction of sp³-hybridized carbons (Fsp3) is 0.727. The molecule has 18 heavy (non-hydrogen) atoms. The monoisotopic (exact) mass is 255 g/mol. The molecule has 0 saturated heterocycles. The fourth-order valence-corrected chi connectivity index (χ4v) is 2.01. The van der Waals surface area contributed by atoms with Crippen molar-refractivity contribution < 1.29 is 4.92 Å². The molecule has 1 N–H and O–H groups in total. The third-order valence-electron chi connectivity index (χ3n) is 2.86. The second kappa shape index (κ2) is 6.34. The molecule has 0 fully saturated rings. The lowest BCUT2D eigenvalue weighted by atomic mass is 10.3.